The average Bonchev–Trinajstić information content (AvgIpc) is 2.66. The molecule has 1 aromatic heterocycles. The topological polar surface area (TPSA) is 71.1 Å². The highest BCUT2D eigenvalue weighted by atomic mass is 16.1. The van der Waals surface area contributed by atoms with Crippen LogP contribution in [-0.4, -0.2) is 16.7 Å². The van der Waals surface area contributed by atoms with Gasteiger partial charge in [0.25, 0.3) is 5.91 Å². The average molecular weight is 359 g/mol. The number of rotatable bonds is 5. The molecule has 0 saturated carbocycles. The van der Waals surface area contributed by atoms with E-state index in [2.05, 4.69) is 15.6 Å². The molecule has 3 aromatic rings. The fourth-order valence-corrected chi connectivity index (χ4v) is 2.65. The van der Waals surface area contributed by atoms with E-state index in [9.17, 15) is 9.59 Å². The first kappa shape index (κ1) is 18.3. The predicted octanol–water partition coefficient (Wildman–Crippen LogP) is 4.90. The second kappa shape index (κ2) is 7.83. The van der Waals surface area contributed by atoms with Gasteiger partial charge in [-0.15, -0.1) is 0 Å². The van der Waals surface area contributed by atoms with Crippen molar-refractivity contribution in [1.82, 2.24) is 4.98 Å². The number of benzene rings is 2. The number of Topliss-reactive ketones (excluding diaryl/α,β-unsaturated/α-hetero) is 1. The number of ketones is 1. The van der Waals surface area contributed by atoms with Crippen LogP contribution in [0.3, 0.4) is 0 Å². The van der Waals surface area contributed by atoms with Gasteiger partial charge in [-0.05, 0) is 62.2 Å². The van der Waals surface area contributed by atoms with Gasteiger partial charge in [0.15, 0.2) is 5.78 Å². The fraction of sp³-hybridized carbons (Fsp3) is 0.136. The Hall–Kier alpha value is -3.47. The van der Waals surface area contributed by atoms with Crippen molar-refractivity contribution in [3.8, 4) is 0 Å². The summed E-state index contributed by atoms with van der Waals surface area (Å²) >= 11 is 0. The number of nitrogens with one attached hydrogen (secondary N) is 2. The third-order valence-corrected chi connectivity index (χ3v) is 4.42. The van der Waals surface area contributed by atoms with Gasteiger partial charge in [-0.3, -0.25) is 9.59 Å². The number of anilines is 3. The van der Waals surface area contributed by atoms with Gasteiger partial charge in [0.1, 0.15) is 5.82 Å². The van der Waals surface area contributed by atoms with Gasteiger partial charge < -0.3 is 10.6 Å². The lowest BCUT2D eigenvalue weighted by atomic mass is 10.1. The van der Waals surface area contributed by atoms with Crippen LogP contribution in [0.5, 0.6) is 0 Å². The van der Waals surface area contributed by atoms with Crippen LogP contribution in [0.15, 0.2) is 60.8 Å². The lowest BCUT2D eigenvalue weighted by Crippen LogP contribution is -2.13. The number of hydrogen-bond donors (Lipinski definition) is 2. The van der Waals surface area contributed by atoms with Crippen LogP contribution in [-0.2, 0) is 0 Å². The van der Waals surface area contributed by atoms with Crippen LogP contribution < -0.4 is 10.6 Å². The lowest BCUT2D eigenvalue weighted by Gasteiger charge is -2.11. The summed E-state index contributed by atoms with van der Waals surface area (Å²) in [5.41, 5.74) is 4.83. The molecule has 0 radical (unpaired) electrons. The summed E-state index contributed by atoms with van der Waals surface area (Å²) < 4.78 is 0. The largest absolute Gasteiger partial charge is 0.340 e. The molecule has 0 unspecified atom stereocenters. The molecule has 0 aliphatic heterocycles. The molecule has 136 valence electrons. The van der Waals surface area contributed by atoms with Crippen LogP contribution in [0.1, 0.15) is 38.8 Å². The maximum Gasteiger partial charge on any atom is 0.257 e. The van der Waals surface area contributed by atoms with Gasteiger partial charge >= 0.3 is 0 Å². The smallest absolute Gasteiger partial charge is 0.257 e. The summed E-state index contributed by atoms with van der Waals surface area (Å²) in [5.74, 6) is 0.394. The Balaban J connectivity index is 1.71. The summed E-state index contributed by atoms with van der Waals surface area (Å²) in [7, 11) is 0. The van der Waals surface area contributed by atoms with E-state index < -0.39 is 0 Å². The highest BCUT2D eigenvalue weighted by Gasteiger charge is 2.09. The molecule has 0 spiro atoms. The first-order valence-electron chi connectivity index (χ1n) is 8.65. The van der Waals surface area contributed by atoms with Crippen molar-refractivity contribution >= 4 is 28.9 Å². The molecule has 1 heterocycles. The van der Waals surface area contributed by atoms with Gasteiger partial charge in [0.2, 0.25) is 0 Å². The zero-order valence-corrected chi connectivity index (χ0v) is 15.5. The number of hydrogen-bond acceptors (Lipinski definition) is 4. The quantitative estimate of drug-likeness (QED) is 0.636. The highest BCUT2D eigenvalue weighted by molar-refractivity contribution is 6.04. The first-order chi connectivity index (χ1) is 12.9. The molecular formula is C22H21N3O2. The third kappa shape index (κ3) is 4.39. The van der Waals surface area contributed by atoms with Gasteiger partial charge in [0.05, 0.1) is 5.56 Å². The fourth-order valence-electron chi connectivity index (χ4n) is 2.65. The summed E-state index contributed by atoms with van der Waals surface area (Å²) in [6, 6.07) is 16.5. The molecule has 5 nitrogen and oxygen atoms in total. The van der Waals surface area contributed by atoms with Crippen molar-refractivity contribution in [2.75, 3.05) is 10.6 Å². The second-order valence-electron chi connectivity index (χ2n) is 6.40. The molecule has 27 heavy (non-hydrogen) atoms. The number of carbonyl (C=O) groups is 2. The molecular weight excluding hydrogens is 338 g/mol. The molecule has 2 N–H and O–H groups in total. The summed E-state index contributed by atoms with van der Waals surface area (Å²) in [6.07, 6.45) is 1.53. The maximum absolute atomic E-state index is 12.5. The van der Waals surface area contributed by atoms with Crippen molar-refractivity contribution in [3.05, 3.63) is 83.0 Å². The Bertz CT molecular complexity index is 995. The zero-order valence-electron chi connectivity index (χ0n) is 15.5. The van der Waals surface area contributed by atoms with E-state index in [1.165, 1.54) is 13.1 Å². The molecule has 0 saturated heterocycles. The molecule has 5 heteroatoms. The van der Waals surface area contributed by atoms with E-state index in [-0.39, 0.29) is 11.7 Å². The minimum Gasteiger partial charge on any atom is -0.340 e. The minimum atomic E-state index is -0.207. The minimum absolute atomic E-state index is 0.00469. The normalized spacial score (nSPS) is 10.3. The van der Waals surface area contributed by atoms with Crippen molar-refractivity contribution in [2.24, 2.45) is 0 Å². The molecule has 0 fully saturated rings. The number of amides is 1. The van der Waals surface area contributed by atoms with Crippen molar-refractivity contribution in [3.63, 3.8) is 0 Å². The number of carbonyl (C=O) groups excluding carboxylic acids is 2. The van der Waals surface area contributed by atoms with Crippen molar-refractivity contribution < 1.29 is 9.59 Å². The molecule has 0 aliphatic rings. The predicted molar refractivity (Wildman–Crippen MR) is 108 cm³/mol. The molecule has 1 amide bonds. The van der Waals surface area contributed by atoms with E-state index in [1.54, 1.807) is 24.3 Å². The Morgan fingerprint density at radius 2 is 1.70 bits per heavy atom. The third-order valence-electron chi connectivity index (χ3n) is 4.42. The monoisotopic (exact) mass is 359 g/mol. The molecule has 3 rings (SSSR count). The molecule has 0 aliphatic carbocycles. The second-order valence-corrected chi connectivity index (χ2v) is 6.40. The van der Waals surface area contributed by atoms with Gasteiger partial charge in [-0.2, -0.15) is 0 Å². The molecule has 2 aromatic carbocycles. The van der Waals surface area contributed by atoms with Crippen LogP contribution in [0.25, 0.3) is 0 Å². The molecule has 0 atom stereocenters. The van der Waals surface area contributed by atoms with Gasteiger partial charge in [-0.1, -0.05) is 24.3 Å². The number of nitrogens with zero attached hydrogens (tertiary/aromatic N) is 1. The van der Waals surface area contributed by atoms with Crippen LogP contribution in [0, 0.1) is 13.8 Å². The number of aryl methyl sites for hydroxylation is 1. The lowest BCUT2D eigenvalue weighted by molar-refractivity contribution is 0.101. The maximum atomic E-state index is 12.5. The van der Waals surface area contributed by atoms with Gasteiger partial charge in [0, 0.05) is 23.1 Å². The van der Waals surface area contributed by atoms with E-state index in [1.807, 2.05) is 44.2 Å². The Morgan fingerprint density at radius 1 is 0.926 bits per heavy atom. The van der Waals surface area contributed by atoms with E-state index >= 15 is 0 Å². The van der Waals surface area contributed by atoms with E-state index in [4.69, 9.17) is 0 Å². The summed E-state index contributed by atoms with van der Waals surface area (Å²) in [5, 5.41) is 6.06. The standard InChI is InChI=1S/C22H21N3O2/c1-14-6-4-9-20(15(14)2)25-22(27)18-10-11-21(23-13-18)24-19-8-5-7-17(12-19)16(3)26/h4-13H,1-3H3,(H,23,24)(H,25,27). The van der Waals surface area contributed by atoms with Crippen LogP contribution in [0.2, 0.25) is 0 Å². The number of aromatic nitrogens is 1. The van der Waals surface area contributed by atoms with Crippen LogP contribution >= 0.6 is 0 Å². The Morgan fingerprint density at radius 3 is 2.41 bits per heavy atom. The SMILES string of the molecule is CC(=O)c1cccc(Nc2ccc(C(=O)Nc3cccc(C)c3C)cn2)c1. The van der Waals surface area contributed by atoms with Crippen LogP contribution in [0.4, 0.5) is 17.2 Å². The summed E-state index contributed by atoms with van der Waals surface area (Å²) in [6.45, 7) is 5.51. The van der Waals surface area contributed by atoms with Crippen molar-refractivity contribution in [1.29, 1.82) is 0 Å². The summed E-state index contributed by atoms with van der Waals surface area (Å²) in [4.78, 5) is 28.2. The Kier molecular flexibility index (Phi) is 5.31. The van der Waals surface area contributed by atoms with Crippen molar-refractivity contribution in [2.45, 2.75) is 20.8 Å². The first-order valence-corrected chi connectivity index (χ1v) is 8.65. The zero-order chi connectivity index (χ0) is 19.4. The van der Waals surface area contributed by atoms with Gasteiger partial charge in [-0.25, -0.2) is 4.98 Å². The number of pyridine rings is 1. The Labute approximate surface area is 158 Å². The molecule has 0 bridgehead atoms. The van der Waals surface area contributed by atoms with E-state index in [0.717, 1.165) is 22.5 Å². The van der Waals surface area contributed by atoms with E-state index in [0.29, 0.717) is 16.9 Å². The highest BCUT2D eigenvalue weighted by Crippen LogP contribution is 2.20.